The molecule has 0 bridgehead atoms. The van der Waals surface area contributed by atoms with Crippen LogP contribution in [0.4, 0.5) is 0 Å². The van der Waals surface area contributed by atoms with Gasteiger partial charge in [-0.1, -0.05) is 12.8 Å². The van der Waals surface area contributed by atoms with E-state index in [9.17, 15) is 14.7 Å². The van der Waals surface area contributed by atoms with Crippen LogP contribution in [0.3, 0.4) is 0 Å². The summed E-state index contributed by atoms with van der Waals surface area (Å²) in [5.41, 5.74) is -0.635. The maximum absolute atomic E-state index is 10.9. The van der Waals surface area contributed by atoms with Gasteiger partial charge in [-0.25, -0.2) is 4.79 Å². The summed E-state index contributed by atoms with van der Waals surface area (Å²) in [7, 11) is 0. The van der Waals surface area contributed by atoms with Gasteiger partial charge in [0.1, 0.15) is 6.04 Å². The Bertz CT molecular complexity index is 289. The van der Waals surface area contributed by atoms with Gasteiger partial charge in [0.15, 0.2) is 0 Å². The SMILES string of the molecule is CC(=O)N[C@@H](CSCC1(O)CCCC1)C(=O)O. The number of carboxylic acid groups (broad SMARTS) is 1. The van der Waals surface area contributed by atoms with Gasteiger partial charge in [-0.2, -0.15) is 11.8 Å². The third-order valence-corrected chi connectivity index (χ3v) is 4.18. The molecule has 0 heterocycles. The highest BCUT2D eigenvalue weighted by Crippen LogP contribution is 2.32. The van der Waals surface area contributed by atoms with E-state index < -0.39 is 17.6 Å². The van der Waals surface area contributed by atoms with E-state index in [1.54, 1.807) is 0 Å². The predicted octanol–water partition coefficient (Wildman–Crippen LogP) is 0.614. The number of amides is 1. The lowest BCUT2D eigenvalue weighted by Crippen LogP contribution is -2.42. The molecular formula is C11H19NO4S. The molecule has 17 heavy (non-hydrogen) atoms. The zero-order valence-corrected chi connectivity index (χ0v) is 10.8. The van der Waals surface area contributed by atoms with Crippen LogP contribution in [-0.4, -0.2) is 45.2 Å². The van der Waals surface area contributed by atoms with Gasteiger partial charge in [0.25, 0.3) is 0 Å². The van der Waals surface area contributed by atoms with Crippen LogP contribution in [0.5, 0.6) is 0 Å². The molecule has 1 aliphatic carbocycles. The summed E-state index contributed by atoms with van der Waals surface area (Å²) < 4.78 is 0. The van der Waals surface area contributed by atoms with Crippen molar-refractivity contribution in [2.45, 2.75) is 44.2 Å². The summed E-state index contributed by atoms with van der Waals surface area (Å²) in [4.78, 5) is 21.7. The maximum Gasteiger partial charge on any atom is 0.327 e. The average Bonchev–Trinajstić information content (AvgIpc) is 2.63. The Balaban J connectivity index is 2.31. The molecule has 0 aromatic heterocycles. The Hall–Kier alpha value is -0.750. The van der Waals surface area contributed by atoms with Crippen molar-refractivity contribution in [1.29, 1.82) is 0 Å². The lowest BCUT2D eigenvalue weighted by molar-refractivity contribution is -0.140. The Morgan fingerprint density at radius 2 is 2.00 bits per heavy atom. The molecule has 5 nitrogen and oxygen atoms in total. The van der Waals surface area contributed by atoms with E-state index >= 15 is 0 Å². The molecule has 1 fully saturated rings. The smallest absolute Gasteiger partial charge is 0.327 e. The van der Waals surface area contributed by atoms with Crippen LogP contribution in [0.1, 0.15) is 32.6 Å². The van der Waals surface area contributed by atoms with E-state index in [1.165, 1.54) is 18.7 Å². The van der Waals surface area contributed by atoms with Crippen LogP contribution in [-0.2, 0) is 9.59 Å². The molecule has 0 radical (unpaired) electrons. The van der Waals surface area contributed by atoms with Gasteiger partial charge in [-0.15, -0.1) is 0 Å². The first-order valence-corrected chi connectivity index (χ1v) is 6.88. The van der Waals surface area contributed by atoms with Gasteiger partial charge in [0, 0.05) is 18.4 Å². The van der Waals surface area contributed by atoms with E-state index in [-0.39, 0.29) is 11.7 Å². The number of carboxylic acids is 1. The third kappa shape index (κ3) is 4.95. The summed E-state index contributed by atoms with van der Waals surface area (Å²) >= 11 is 1.38. The highest BCUT2D eigenvalue weighted by atomic mass is 32.2. The van der Waals surface area contributed by atoms with E-state index in [4.69, 9.17) is 5.11 Å². The average molecular weight is 261 g/mol. The molecule has 1 rings (SSSR count). The monoisotopic (exact) mass is 261 g/mol. The number of hydrogen-bond acceptors (Lipinski definition) is 4. The van der Waals surface area contributed by atoms with Crippen molar-refractivity contribution in [2.75, 3.05) is 11.5 Å². The lowest BCUT2D eigenvalue weighted by Gasteiger charge is -2.22. The fourth-order valence-corrected chi connectivity index (χ4v) is 3.21. The van der Waals surface area contributed by atoms with E-state index in [1.807, 2.05) is 0 Å². The number of carbonyl (C=O) groups excluding carboxylic acids is 1. The van der Waals surface area contributed by atoms with Gasteiger partial charge >= 0.3 is 5.97 Å². The van der Waals surface area contributed by atoms with Crippen LogP contribution in [0.25, 0.3) is 0 Å². The van der Waals surface area contributed by atoms with Gasteiger partial charge in [0.2, 0.25) is 5.91 Å². The van der Waals surface area contributed by atoms with Gasteiger partial charge in [0.05, 0.1) is 5.60 Å². The maximum atomic E-state index is 10.9. The predicted molar refractivity (Wildman–Crippen MR) is 66.0 cm³/mol. The number of nitrogens with one attached hydrogen (secondary N) is 1. The third-order valence-electron chi connectivity index (χ3n) is 2.87. The Morgan fingerprint density at radius 3 is 2.47 bits per heavy atom. The molecule has 1 atom stereocenters. The normalized spacial score (nSPS) is 19.9. The standard InChI is InChI=1S/C11H19NO4S/c1-8(13)12-9(10(14)15)6-17-7-11(16)4-2-3-5-11/h9,16H,2-7H2,1H3,(H,12,13)(H,14,15)/t9-/m0/s1. The fraction of sp³-hybridized carbons (Fsp3) is 0.818. The molecular weight excluding hydrogens is 242 g/mol. The minimum atomic E-state index is -1.04. The zero-order chi connectivity index (χ0) is 12.9. The van der Waals surface area contributed by atoms with Crippen LogP contribution in [0.2, 0.25) is 0 Å². The highest BCUT2D eigenvalue weighted by Gasteiger charge is 2.31. The largest absolute Gasteiger partial charge is 0.480 e. The second kappa shape index (κ2) is 6.26. The minimum absolute atomic E-state index is 0.289. The minimum Gasteiger partial charge on any atom is -0.480 e. The topological polar surface area (TPSA) is 86.6 Å². The van der Waals surface area contributed by atoms with Gasteiger partial charge < -0.3 is 15.5 Å². The molecule has 0 saturated heterocycles. The summed E-state index contributed by atoms with van der Waals surface area (Å²) in [6.07, 6.45) is 3.64. The van der Waals surface area contributed by atoms with Crippen molar-refractivity contribution in [3.63, 3.8) is 0 Å². The van der Waals surface area contributed by atoms with Crippen molar-refractivity contribution in [3.05, 3.63) is 0 Å². The molecule has 0 unspecified atom stereocenters. The molecule has 3 N–H and O–H groups in total. The van der Waals surface area contributed by atoms with Gasteiger partial charge in [-0.05, 0) is 12.8 Å². The van der Waals surface area contributed by atoms with E-state index in [0.717, 1.165) is 25.7 Å². The second-order valence-corrected chi connectivity index (χ2v) is 5.57. The number of aliphatic hydroxyl groups is 1. The summed E-state index contributed by atoms with van der Waals surface area (Å²) in [6, 6.07) is -0.873. The van der Waals surface area contributed by atoms with Crippen LogP contribution >= 0.6 is 11.8 Å². The molecule has 0 aromatic rings. The molecule has 0 aliphatic heterocycles. The quantitative estimate of drug-likeness (QED) is 0.652. The van der Waals surface area contributed by atoms with Crippen molar-refractivity contribution in [1.82, 2.24) is 5.32 Å². The first-order valence-electron chi connectivity index (χ1n) is 5.73. The Kier molecular flexibility index (Phi) is 5.27. The van der Waals surface area contributed by atoms with Gasteiger partial charge in [-0.3, -0.25) is 4.79 Å². The van der Waals surface area contributed by atoms with E-state index in [2.05, 4.69) is 5.32 Å². The number of rotatable bonds is 6. The Morgan fingerprint density at radius 1 is 1.41 bits per heavy atom. The van der Waals surface area contributed by atoms with Crippen LogP contribution < -0.4 is 5.32 Å². The lowest BCUT2D eigenvalue weighted by atomic mass is 10.1. The fourth-order valence-electron chi connectivity index (χ4n) is 1.96. The molecule has 0 spiro atoms. The Labute approximate surface area is 105 Å². The molecule has 1 amide bonds. The van der Waals surface area contributed by atoms with Crippen molar-refractivity contribution in [3.8, 4) is 0 Å². The molecule has 6 heteroatoms. The number of thioether (sulfide) groups is 1. The van der Waals surface area contributed by atoms with Crippen molar-refractivity contribution < 1.29 is 19.8 Å². The molecule has 0 aromatic carbocycles. The molecule has 1 saturated carbocycles. The second-order valence-electron chi connectivity index (χ2n) is 4.54. The van der Waals surface area contributed by atoms with Crippen molar-refractivity contribution >= 4 is 23.6 Å². The summed E-state index contributed by atoms with van der Waals surface area (Å²) in [5.74, 6) is -0.559. The van der Waals surface area contributed by atoms with Crippen LogP contribution in [0, 0.1) is 0 Å². The molecule has 98 valence electrons. The zero-order valence-electron chi connectivity index (χ0n) is 9.94. The number of aliphatic carboxylic acids is 1. The number of carbonyl (C=O) groups is 2. The van der Waals surface area contributed by atoms with Crippen LogP contribution in [0.15, 0.2) is 0 Å². The van der Waals surface area contributed by atoms with Crippen molar-refractivity contribution in [2.24, 2.45) is 0 Å². The molecule has 1 aliphatic rings. The van der Waals surface area contributed by atoms with E-state index in [0.29, 0.717) is 5.75 Å². The summed E-state index contributed by atoms with van der Waals surface area (Å²) in [5, 5.41) is 21.3. The first kappa shape index (κ1) is 14.3. The summed E-state index contributed by atoms with van der Waals surface area (Å²) in [6.45, 7) is 1.30. The number of hydrogen-bond donors (Lipinski definition) is 3. The first-order chi connectivity index (χ1) is 7.93. The highest BCUT2D eigenvalue weighted by molar-refractivity contribution is 7.99.